The molecule has 0 aliphatic heterocycles. The molecule has 0 spiro atoms. The number of nitrogens with two attached hydrogens (primary N) is 4. The predicted octanol–water partition coefficient (Wildman–Crippen LogP) is -13.4. The summed E-state index contributed by atoms with van der Waals surface area (Å²) in [6.07, 6.45) is 0. The van der Waals surface area contributed by atoms with E-state index < -0.39 is 24.1 Å². The standard InChI is InChI=1S/4CH4N2O.Ca.2ClH/c4*2-1(3)4;;;/h4*(H4,2,3,4);;2*1H/q;;;;+2;;/p-6. The Morgan fingerprint density at radius 3 is 0.526 bits per heavy atom. The first-order valence-corrected chi connectivity index (χ1v) is 2.97. The van der Waals surface area contributed by atoms with Crippen molar-refractivity contribution < 1.29 is 45.2 Å². The summed E-state index contributed by atoms with van der Waals surface area (Å²) in [5, 5.41) is 58.4. The number of halogens is 2. The van der Waals surface area contributed by atoms with E-state index in [0.29, 0.717) is 0 Å². The van der Waals surface area contributed by atoms with Crippen molar-refractivity contribution in [1.82, 2.24) is 0 Å². The second kappa shape index (κ2) is 36.0. The van der Waals surface area contributed by atoms with Crippen LogP contribution in [0.15, 0.2) is 0 Å². The van der Waals surface area contributed by atoms with Gasteiger partial charge < -0.3 is 68.2 Å². The van der Waals surface area contributed by atoms with Crippen LogP contribution in [-0.4, -0.2) is 61.8 Å². The topological polar surface area (TPSA) is 292 Å². The van der Waals surface area contributed by atoms with Gasteiger partial charge in [0.05, 0.1) is 0 Å². The van der Waals surface area contributed by atoms with Crippen molar-refractivity contribution in [2.75, 3.05) is 0 Å². The summed E-state index contributed by atoms with van der Waals surface area (Å²) in [5.74, 6) is 0. The van der Waals surface area contributed by atoms with Crippen LogP contribution in [0.25, 0.3) is 0 Å². The van der Waals surface area contributed by atoms with Gasteiger partial charge in [-0.1, -0.05) is 0 Å². The van der Waals surface area contributed by atoms with Gasteiger partial charge in [0, 0.05) is 24.1 Å². The molecule has 0 aliphatic carbocycles. The summed E-state index contributed by atoms with van der Waals surface area (Å²) in [6.45, 7) is 0. The zero-order valence-electron chi connectivity index (χ0n) is 9.41. The fourth-order valence-electron chi connectivity index (χ4n) is 0. The van der Waals surface area contributed by atoms with Gasteiger partial charge in [0.2, 0.25) is 0 Å². The van der Waals surface area contributed by atoms with Crippen LogP contribution in [0.4, 0.5) is 0 Å². The maximum Gasteiger partial charge on any atom is 2.00 e. The Morgan fingerprint density at radius 2 is 0.526 bits per heavy atom. The molecular weight excluding hydrogens is 335 g/mol. The van der Waals surface area contributed by atoms with Gasteiger partial charge in [-0.05, 0) is 0 Å². The first-order chi connectivity index (χ1) is 6.93. The van der Waals surface area contributed by atoms with Gasteiger partial charge in [-0.25, -0.2) is 0 Å². The van der Waals surface area contributed by atoms with E-state index in [-0.39, 0.29) is 62.6 Å². The average molecular weight is 347 g/mol. The summed E-state index contributed by atoms with van der Waals surface area (Å²) in [5.41, 5.74) is 16.6. The normalized spacial score (nSPS) is 5.05. The van der Waals surface area contributed by atoms with Crippen molar-refractivity contribution in [1.29, 1.82) is 21.6 Å². The molecule has 19 heavy (non-hydrogen) atoms. The second-order valence-corrected chi connectivity index (χ2v) is 1.46. The second-order valence-electron chi connectivity index (χ2n) is 1.46. The van der Waals surface area contributed by atoms with Gasteiger partial charge in [-0.15, -0.1) is 0 Å². The summed E-state index contributed by atoms with van der Waals surface area (Å²) < 4.78 is 0. The maximum atomic E-state index is 8.89. The number of amidine groups is 4. The molecule has 12 N–H and O–H groups in total. The van der Waals surface area contributed by atoms with E-state index in [0.717, 1.165) is 0 Å². The molecule has 0 amide bonds. The first-order valence-electron chi connectivity index (χ1n) is 2.97. The smallest absolute Gasteiger partial charge is 1.00 e. The Morgan fingerprint density at radius 1 is 0.526 bits per heavy atom. The molecule has 0 radical (unpaired) electrons. The molecule has 0 heterocycles. The minimum Gasteiger partial charge on any atom is -1.00 e. The fraction of sp³-hybridized carbons (Fsp3) is 0. The monoisotopic (exact) mass is 346 g/mol. The number of hydrogen-bond donors (Lipinski definition) is 8. The van der Waals surface area contributed by atoms with Crippen LogP contribution in [0.5, 0.6) is 0 Å². The van der Waals surface area contributed by atoms with Gasteiger partial charge in [0.1, 0.15) is 0 Å². The Hall–Kier alpha value is -1.08. The van der Waals surface area contributed by atoms with Crippen molar-refractivity contribution >= 4 is 61.8 Å². The molecule has 0 fully saturated rings. The van der Waals surface area contributed by atoms with Gasteiger partial charge in [-0.2, -0.15) is 0 Å². The van der Waals surface area contributed by atoms with E-state index in [4.69, 9.17) is 42.1 Å². The molecule has 0 aromatic heterocycles. The molecule has 0 unspecified atom stereocenters. The van der Waals surface area contributed by atoms with Crippen LogP contribution in [-0.2, 0) is 0 Å². The molecule has 0 aromatic rings. The molecule has 0 bridgehead atoms. The molecule has 112 valence electrons. The third-order valence-corrected chi connectivity index (χ3v) is 0. The summed E-state index contributed by atoms with van der Waals surface area (Å²) in [4.78, 5) is 0. The molecule has 0 saturated carbocycles. The van der Waals surface area contributed by atoms with E-state index in [1.807, 2.05) is 0 Å². The van der Waals surface area contributed by atoms with E-state index >= 15 is 0 Å². The summed E-state index contributed by atoms with van der Waals surface area (Å²) >= 11 is 0. The van der Waals surface area contributed by atoms with Crippen LogP contribution >= 0.6 is 0 Å². The molecule has 0 atom stereocenters. The van der Waals surface area contributed by atoms with E-state index in [2.05, 4.69) is 22.9 Å². The zero-order valence-corrected chi connectivity index (χ0v) is 13.1. The van der Waals surface area contributed by atoms with E-state index in [1.165, 1.54) is 0 Å². The Labute approximate surface area is 151 Å². The van der Waals surface area contributed by atoms with Crippen LogP contribution in [0.2, 0.25) is 0 Å². The van der Waals surface area contributed by atoms with Crippen molar-refractivity contribution in [3.8, 4) is 0 Å². The maximum absolute atomic E-state index is 8.89. The molecule has 0 saturated heterocycles. The van der Waals surface area contributed by atoms with Crippen LogP contribution < -0.4 is 68.2 Å². The number of nitrogens with one attached hydrogen (secondary N) is 4. The van der Waals surface area contributed by atoms with Crippen molar-refractivity contribution in [2.24, 2.45) is 22.9 Å². The summed E-state index contributed by atoms with van der Waals surface area (Å²) in [6, 6.07) is -4.33. The van der Waals surface area contributed by atoms with Gasteiger partial charge >= 0.3 is 37.7 Å². The number of rotatable bonds is 0. The first kappa shape index (κ1) is 43.0. The SMILES string of the molecule is N=C(N)[O-].N=C(N)[O-].N=C(N)[O-].N=C(N)[O-].[Ca+2].[Cl-].[Cl-]. The molecule has 12 nitrogen and oxygen atoms in total. The summed E-state index contributed by atoms with van der Waals surface area (Å²) in [7, 11) is 0. The van der Waals surface area contributed by atoms with Crippen molar-refractivity contribution in [3.05, 3.63) is 0 Å². The Balaban J connectivity index is -0.0000000192. The Bertz CT molecular complexity index is 179. The number of hydrogen-bond acceptors (Lipinski definition) is 8. The fourth-order valence-corrected chi connectivity index (χ4v) is 0. The third kappa shape index (κ3) is 3230. The molecule has 0 aromatic carbocycles. The van der Waals surface area contributed by atoms with Gasteiger partial charge in [-0.3, -0.25) is 21.6 Å². The quantitative estimate of drug-likeness (QED) is 0.118. The van der Waals surface area contributed by atoms with Gasteiger partial charge in [0.25, 0.3) is 0 Å². The van der Waals surface area contributed by atoms with Crippen LogP contribution in [0, 0.1) is 21.6 Å². The van der Waals surface area contributed by atoms with E-state index in [9.17, 15) is 0 Å². The third-order valence-electron chi connectivity index (χ3n) is 0. The zero-order chi connectivity index (χ0) is 14.3. The average Bonchev–Trinajstić information content (AvgIpc) is 1.76. The molecule has 0 aliphatic rings. The van der Waals surface area contributed by atoms with Gasteiger partial charge in [0.15, 0.2) is 0 Å². The van der Waals surface area contributed by atoms with E-state index in [1.54, 1.807) is 0 Å². The molecule has 0 rings (SSSR count). The predicted molar refractivity (Wildman–Crippen MR) is 53.4 cm³/mol. The van der Waals surface area contributed by atoms with Crippen molar-refractivity contribution in [3.63, 3.8) is 0 Å². The molecule has 15 heteroatoms. The largest absolute Gasteiger partial charge is 2.00 e. The van der Waals surface area contributed by atoms with Crippen LogP contribution in [0.3, 0.4) is 0 Å². The minimum atomic E-state index is -1.08. The van der Waals surface area contributed by atoms with Crippen LogP contribution in [0.1, 0.15) is 0 Å². The minimum absolute atomic E-state index is 0. The van der Waals surface area contributed by atoms with Crippen molar-refractivity contribution in [2.45, 2.75) is 0 Å². The Kier molecular flexibility index (Phi) is 81.4. The molecular formula is C4H12CaCl2N8O4-4.